The van der Waals surface area contributed by atoms with Crippen LogP contribution in [0.25, 0.3) is 0 Å². The Morgan fingerprint density at radius 3 is 3.05 bits per heavy atom. The van der Waals surface area contributed by atoms with Crippen molar-refractivity contribution in [3.8, 4) is 0 Å². The monoisotopic (exact) mass is 291 g/mol. The van der Waals surface area contributed by atoms with Gasteiger partial charge in [-0.2, -0.15) is 0 Å². The smallest absolute Gasteiger partial charge is 0.241 e. The normalized spacial score (nSPS) is 17.6. The molecule has 0 aliphatic carbocycles. The number of carbonyl (C=O) groups excluding carboxylic acids is 1. The standard InChI is InChI=1S/C16H25N3O2/c1-19(11-12-21-2)10-9-18-16(20)15-14-6-4-3-5-13(14)7-8-17-15/h3-6,15,17H,7-12H2,1-2H3,(H,18,20). The van der Waals surface area contributed by atoms with Gasteiger partial charge in [-0.05, 0) is 24.6 Å². The van der Waals surface area contributed by atoms with E-state index < -0.39 is 0 Å². The molecule has 1 aromatic carbocycles. The number of nitrogens with zero attached hydrogens (tertiary/aromatic N) is 1. The van der Waals surface area contributed by atoms with Crippen molar-refractivity contribution < 1.29 is 9.53 Å². The molecule has 2 N–H and O–H groups in total. The van der Waals surface area contributed by atoms with Gasteiger partial charge in [-0.25, -0.2) is 0 Å². The molecule has 1 atom stereocenters. The molecule has 1 aromatic rings. The fourth-order valence-electron chi connectivity index (χ4n) is 2.57. The summed E-state index contributed by atoms with van der Waals surface area (Å²) in [5.41, 5.74) is 2.38. The molecule has 2 rings (SSSR count). The van der Waals surface area contributed by atoms with Gasteiger partial charge in [0.25, 0.3) is 0 Å². The van der Waals surface area contributed by atoms with Gasteiger partial charge >= 0.3 is 0 Å². The highest BCUT2D eigenvalue weighted by Gasteiger charge is 2.25. The van der Waals surface area contributed by atoms with Gasteiger partial charge in [0.15, 0.2) is 0 Å². The molecule has 0 bridgehead atoms. The minimum absolute atomic E-state index is 0.0577. The highest BCUT2D eigenvalue weighted by molar-refractivity contribution is 5.83. The third kappa shape index (κ3) is 4.52. The van der Waals surface area contributed by atoms with E-state index >= 15 is 0 Å². The Kier molecular flexibility index (Phi) is 6.17. The van der Waals surface area contributed by atoms with E-state index in [1.807, 2.05) is 25.2 Å². The third-order valence-electron chi connectivity index (χ3n) is 3.84. The summed E-state index contributed by atoms with van der Waals surface area (Å²) in [6, 6.07) is 7.94. The van der Waals surface area contributed by atoms with E-state index in [0.717, 1.165) is 31.6 Å². The Balaban J connectivity index is 1.82. The summed E-state index contributed by atoms with van der Waals surface area (Å²) >= 11 is 0. The number of methoxy groups -OCH3 is 1. The zero-order valence-corrected chi connectivity index (χ0v) is 12.9. The number of likely N-dealkylation sites (N-methyl/N-ethyl adjacent to an activating group) is 1. The van der Waals surface area contributed by atoms with E-state index in [9.17, 15) is 4.79 Å². The fraction of sp³-hybridized carbons (Fsp3) is 0.562. The van der Waals surface area contributed by atoms with Crippen LogP contribution in [0.3, 0.4) is 0 Å². The Morgan fingerprint density at radius 1 is 1.43 bits per heavy atom. The minimum atomic E-state index is -0.223. The summed E-state index contributed by atoms with van der Waals surface area (Å²) in [6.45, 7) is 3.91. The highest BCUT2D eigenvalue weighted by atomic mass is 16.5. The maximum Gasteiger partial charge on any atom is 0.241 e. The molecule has 0 aromatic heterocycles. The Labute approximate surface area is 126 Å². The summed E-state index contributed by atoms with van der Waals surface area (Å²) < 4.78 is 5.04. The lowest BCUT2D eigenvalue weighted by molar-refractivity contribution is -0.123. The van der Waals surface area contributed by atoms with Crippen molar-refractivity contribution in [3.05, 3.63) is 35.4 Å². The molecular weight excluding hydrogens is 266 g/mol. The summed E-state index contributed by atoms with van der Waals surface area (Å²) in [5.74, 6) is 0.0577. The van der Waals surface area contributed by atoms with E-state index in [1.165, 1.54) is 5.56 Å². The average Bonchev–Trinajstić information content (AvgIpc) is 2.52. The van der Waals surface area contributed by atoms with Crippen molar-refractivity contribution in [2.45, 2.75) is 12.5 Å². The number of fused-ring (bicyclic) bond motifs is 1. The number of hydrogen-bond donors (Lipinski definition) is 2. The molecule has 1 heterocycles. The minimum Gasteiger partial charge on any atom is -0.383 e. The highest BCUT2D eigenvalue weighted by Crippen LogP contribution is 2.22. The van der Waals surface area contributed by atoms with Crippen LogP contribution in [0.4, 0.5) is 0 Å². The van der Waals surface area contributed by atoms with Crippen molar-refractivity contribution in [2.75, 3.05) is 46.9 Å². The second-order valence-electron chi connectivity index (χ2n) is 5.42. The number of rotatable bonds is 7. The molecule has 1 aliphatic heterocycles. The molecule has 1 aliphatic rings. The number of carbonyl (C=O) groups is 1. The molecule has 0 fully saturated rings. The molecule has 1 amide bonds. The van der Waals surface area contributed by atoms with Crippen molar-refractivity contribution in [1.82, 2.24) is 15.5 Å². The zero-order valence-electron chi connectivity index (χ0n) is 12.9. The topological polar surface area (TPSA) is 53.6 Å². The first kappa shape index (κ1) is 15.9. The van der Waals surface area contributed by atoms with Crippen molar-refractivity contribution in [1.29, 1.82) is 0 Å². The molecular formula is C16H25N3O2. The lowest BCUT2D eigenvalue weighted by Gasteiger charge is -2.26. The molecule has 1 unspecified atom stereocenters. The molecule has 0 saturated carbocycles. The van der Waals surface area contributed by atoms with Crippen LogP contribution in [0.5, 0.6) is 0 Å². The van der Waals surface area contributed by atoms with Crippen LogP contribution < -0.4 is 10.6 Å². The van der Waals surface area contributed by atoms with Crippen LogP contribution in [-0.4, -0.2) is 57.8 Å². The Bertz CT molecular complexity index is 465. The SMILES string of the molecule is COCCN(C)CCNC(=O)C1NCCc2ccccc21. The van der Waals surface area contributed by atoms with Gasteiger partial charge in [-0.15, -0.1) is 0 Å². The van der Waals surface area contributed by atoms with Crippen LogP contribution in [0.15, 0.2) is 24.3 Å². The first-order valence-electron chi connectivity index (χ1n) is 7.48. The summed E-state index contributed by atoms with van der Waals surface area (Å²) in [6.07, 6.45) is 0.986. The number of ether oxygens (including phenoxy) is 1. The van der Waals surface area contributed by atoms with E-state index in [0.29, 0.717) is 13.2 Å². The Morgan fingerprint density at radius 2 is 2.24 bits per heavy atom. The molecule has 0 radical (unpaired) electrons. The van der Waals surface area contributed by atoms with Gasteiger partial charge in [0, 0.05) is 33.3 Å². The summed E-state index contributed by atoms with van der Waals surface area (Å²) in [5, 5.41) is 6.32. The van der Waals surface area contributed by atoms with E-state index in [2.05, 4.69) is 21.6 Å². The van der Waals surface area contributed by atoms with Crippen molar-refractivity contribution in [2.24, 2.45) is 0 Å². The molecule has 0 spiro atoms. The van der Waals surface area contributed by atoms with E-state index in [-0.39, 0.29) is 11.9 Å². The second-order valence-corrected chi connectivity index (χ2v) is 5.42. The molecule has 21 heavy (non-hydrogen) atoms. The predicted octanol–water partition coefficient (Wildman–Crippen LogP) is 0.568. The van der Waals surface area contributed by atoms with Crippen molar-refractivity contribution in [3.63, 3.8) is 0 Å². The maximum atomic E-state index is 12.3. The maximum absolute atomic E-state index is 12.3. The third-order valence-corrected chi connectivity index (χ3v) is 3.84. The van der Waals surface area contributed by atoms with Crippen molar-refractivity contribution >= 4 is 5.91 Å². The average molecular weight is 291 g/mol. The van der Waals surface area contributed by atoms with E-state index in [1.54, 1.807) is 7.11 Å². The number of hydrogen-bond acceptors (Lipinski definition) is 4. The number of amides is 1. The van der Waals surface area contributed by atoms with Crippen LogP contribution in [-0.2, 0) is 16.0 Å². The molecule has 0 saturated heterocycles. The lowest BCUT2D eigenvalue weighted by atomic mass is 9.94. The van der Waals surface area contributed by atoms with Gasteiger partial charge in [0.1, 0.15) is 6.04 Å². The first-order valence-corrected chi connectivity index (χ1v) is 7.48. The molecule has 116 valence electrons. The number of benzene rings is 1. The summed E-state index contributed by atoms with van der Waals surface area (Å²) in [4.78, 5) is 14.5. The summed E-state index contributed by atoms with van der Waals surface area (Å²) in [7, 11) is 3.72. The van der Waals surface area contributed by atoms with Gasteiger partial charge in [0.05, 0.1) is 6.61 Å². The van der Waals surface area contributed by atoms with Gasteiger partial charge in [-0.3, -0.25) is 4.79 Å². The van der Waals surface area contributed by atoms with Gasteiger partial charge in [0.2, 0.25) is 5.91 Å². The molecule has 5 heteroatoms. The van der Waals surface area contributed by atoms with Gasteiger partial charge in [-0.1, -0.05) is 24.3 Å². The van der Waals surface area contributed by atoms with E-state index in [4.69, 9.17) is 4.74 Å². The zero-order chi connectivity index (χ0) is 15.1. The van der Waals surface area contributed by atoms with Crippen LogP contribution in [0.1, 0.15) is 17.2 Å². The Hall–Kier alpha value is -1.43. The van der Waals surface area contributed by atoms with Crippen LogP contribution >= 0.6 is 0 Å². The predicted molar refractivity (Wildman–Crippen MR) is 83.3 cm³/mol. The van der Waals surface area contributed by atoms with Crippen LogP contribution in [0.2, 0.25) is 0 Å². The lowest BCUT2D eigenvalue weighted by Crippen LogP contribution is -2.43. The first-order chi connectivity index (χ1) is 10.2. The largest absolute Gasteiger partial charge is 0.383 e. The fourth-order valence-corrected chi connectivity index (χ4v) is 2.57. The quantitative estimate of drug-likeness (QED) is 0.771. The number of nitrogens with one attached hydrogen (secondary N) is 2. The molecule has 5 nitrogen and oxygen atoms in total. The van der Waals surface area contributed by atoms with Crippen LogP contribution in [0, 0.1) is 0 Å². The van der Waals surface area contributed by atoms with Gasteiger partial charge < -0.3 is 20.3 Å². The second kappa shape index (κ2) is 8.12.